The summed E-state index contributed by atoms with van der Waals surface area (Å²) in [5.41, 5.74) is 5.26. The van der Waals surface area contributed by atoms with Crippen molar-refractivity contribution in [2.24, 2.45) is 17.6 Å². The molecule has 0 amide bonds. The van der Waals surface area contributed by atoms with Gasteiger partial charge in [0.2, 0.25) is 0 Å². The van der Waals surface area contributed by atoms with E-state index < -0.39 is 24.1 Å². The van der Waals surface area contributed by atoms with Gasteiger partial charge in [-0.1, -0.05) is 39.0 Å². The molecule has 0 radical (unpaired) electrons. The quantitative estimate of drug-likeness (QED) is 0.764. The second-order valence-corrected chi connectivity index (χ2v) is 5.58. The monoisotopic (exact) mass is 295 g/mol. The van der Waals surface area contributed by atoms with Gasteiger partial charge < -0.3 is 10.5 Å². The van der Waals surface area contributed by atoms with Crippen LogP contribution in [-0.2, 0) is 9.53 Å². The summed E-state index contributed by atoms with van der Waals surface area (Å²) < 4.78 is 43.3. The number of alkyl halides is 3. The highest BCUT2D eigenvalue weighted by atomic mass is 19.4. The summed E-state index contributed by atoms with van der Waals surface area (Å²) in [5, 5.41) is 0. The van der Waals surface area contributed by atoms with E-state index in [-0.39, 0.29) is 18.9 Å². The Labute approximate surface area is 118 Å². The Bertz CT molecular complexity index is 301. The molecule has 1 aliphatic carbocycles. The highest BCUT2D eigenvalue weighted by molar-refractivity contribution is 5.73. The van der Waals surface area contributed by atoms with Crippen LogP contribution in [0.15, 0.2) is 0 Å². The molecule has 3 nitrogen and oxygen atoms in total. The molecule has 20 heavy (non-hydrogen) atoms. The highest BCUT2D eigenvalue weighted by Gasteiger charge is 2.46. The number of nitrogens with two attached hydrogens (primary N) is 1. The molecule has 0 saturated heterocycles. The van der Waals surface area contributed by atoms with E-state index in [1.165, 1.54) is 0 Å². The van der Waals surface area contributed by atoms with Gasteiger partial charge in [0.15, 0.2) is 0 Å². The van der Waals surface area contributed by atoms with Gasteiger partial charge in [0.25, 0.3) is 0 Å². The van der Waals surface area contributed by atoms with Crippen molar-refractivity contribution < 1.29 is 22.7 Å². The second-order valence-electron chi connectivity index (χ2n) is 5.58. The molecule has 1 saturated carbocycles. The molecule has 2 atom stereocenters. The molecule has 118 valence electrons. The van der Waals surface area contributed by atoms with Gasteiger partial charge in [0.1, 0.15) is 6.04 Å². The van der Waals surface area contributed by atoms with E-state index >= 15 is 0 Å². The first-order valence-corrected chi connectivity index (χ1v) is 7.35. The van der Waals surface area contributed by atoms with Crippen LogP contribution in [0.1, 0.15) is 51.9 Å². The topological polar surface area (TPSA) is 52.3 Å². The standard InChI is InChI=1S/C14H24F3NO2/c1-2-8-20-13(19)11(12(18)14(15,16)17)9-10-6-4-3-5-7-10/h10-12H,2-9,18H2,1H3/t11-,12-/m1/s1. The van der Waals surface area contributed by atoms with Crippen LogP contribution in [0.4, 0.5) is 13.2 Å². The highest BCUT2D eigenvalue weighted by Crippen LogP contribution is 2.34. The van der Waals surface area contributed by atoms with E-state index in [4.69, 9.17) is 10.5 Å². The van der Waals surface area contributed by atoms with Gasteiger partial charge in [-0.05, 0) is 18.8 Å². The number of esters is 1. The third-order valence-electron chi connectivity index (χ3n) is 3.87. The minimum atomic E-state index is -4.56. The molecule has 0 bridgehead atoms. The zero-order valence-corrected chi connectivity index (χ0v) is 11.9. The maximum Gasteiger partial charge on any atom is 0.404 e. The normalized spacial score (nSPS) is 20.4. The molecule has 0 aromatic carbocycles. The van der Waals surface area contributed by atoms with E-state index in [2.05, 4.69) is 0 Å². The minimum Gasteiger partial charge on any atom is -0.465 e. The average Bonchev–Trinajstić information content (AvgIpc) is 2.41. The van der Waals surface area contributed by atoms with Crippen LogP contribution in [0.2, 0.25) is 0 Å². The number of ether oxygens (including phenoxy) is 1. The fourth-order valence-electron chi connectivity index (χ4n) is 2.71. The Morgan fingerprint density at radius 2 is 1.90 bits per heavy atom. The third kappa shape index (κ3) is 5.31. The van der Waals surface area contributed by atoms with Crippen molar-refractivity contribution in [2.75, 3.05) is 6.61 Å². The van der Waals surface area contributed by atoms with Crippen LogP contribution in [0.25, 0.3) is 0 Å². The summed E-state index contributed by atoms with van der Waals surface area (Å²) in [6.45, 7) is 1.94. The van der Waals surface area contributed by atoms with Crippen molar-refractivity contribution in [3.8, 4) is 0 Å². The summed E-state index contributed by atoms with van der Waals surface area (Å²) in [7, 11) is 0. The number of halogens is 3. The predicted octanol–water partition coefficient (Wildman–Crippen LogP) is 3.42. The lowest BCUT2D eigenvalue weighted by molar-refractivity contribution is -0.178. The van der Waals surface area contributed by atoms with Crippen molar-refractivity contribution in [1.82, 2.24) is 0 Å². The summed E-state index contributed by atoms with van der Waals surface area (Å²) in [6, 6.07) is -2.13. The van der Waals surface area contributed by atoms with E-state index in [9.17, 15) is 18.0 Å². The number of carbonyl (C=O) groups excluding carboxylic acids is 1. The third-order valence-corrected chi connectivity index (χ3v) is 3.87. The Kier molecular flexibility index (Phi) is 6.79. The molecule has 0 heterocycles. The SMILES string of the molecule is CCCOC(=O)[C@H](CC1CCCCC1)[C@@H](N)C(F)(F)F. The fraction of sp³-hybridized carbons (Fsp3) is 0.929. The lowest BCUT2D eigenvalue weighted by atomic mass is 9.80. The predicted molar refractivity (Wildman–Crippen MR) is 70.0 cm³/mol. The van der Waals surface area contributed by atoms with E-state index in [0.29, 0.717) is 6.42 Å². The lowest BCUT2D eigenvalue weighted by Crippen LogP contribution is -2.48. The zero-order valence-electron chi connectivity index (χ0n) is 11.9. The maximum atomic E-state index is 12.8. The maximum absolute atomic E-state index is 12.8. The van der Waals surface area contributed by atoms with E-state index in [1.807, 2.05) is 0 Å². The molecule has 0 unspecified atom stereocenters. The molecule has 1 fully saturated rings. The van der Waals surface area contributed by atoms with Gasteiger partial charge in [0.05, 0.1) is 12.5 Å². The molecule has 1 aliphatic rings. The average molecular weight is 295 g/mol. The number of carbonyl (C=O) groups is 1. The smallest absolute Gasteiger partial charge is 0.404 e. The van der Waals surface area contributed by atoms with Crippen LogP contribution >= 0.6 is 0 Å². The lowest BCUT2D eigenvalue weighted by Gasteiger charge is -2.29. The molecule has 1 rings (SSSR count). The van der Waals surface area contributed by atoms with E-state index in [1.54, 1.807) is 6.92 Å². The number of hydrogen-bond acceptors (Lipinski definition) is 3. The van der Waals surface area contributed by atoms with Gasteiger partial charge in [-0.3, -0.25) is 4.79 Å². The summed E-state index contributed by atoms with van der Waals surface area (Å²) in [6.07, 6.45) is 1.11. The fourth-order valence-corrected chi connectivity index (χ4v) is 2.71. The Hall–Kier alpha value is -0.780. The molecule has 2 N–H and O–H groups in total. The molecule has 0 spiro atoms. The summed E-state index contributed by atoms with van der Waals surface area (Å²) >= 11 is 0. The number of rotatable bonds is 6. The van der Waals surface area contributed by atoms with Crippen LogP contribution in [-0.4, -0.2) is 24.8 Å². The van der Waals surface area contributed by atoms with Crippen molar-refractivity contribution in [3.63, 3.8) is 0 Å². The first-order valence-electron chi connectivity index (χ1n) is 7.35. The van der Waals surface area contributed by atoms with Gasteiger partial charge in [-0.15, -0.1) is 0 Å². The van der Waals surface area contributed by atoms with Crippen molar-refractivity contribution in [2.45, 2.75) is 64.1 Å². The molecule has 0 aromatic heterocycles. The van der Waals surface area contributed by atoms with Crippen LogP contribution in [0, 0.1) is 11.8 Å². The van der Waals surface area contributed by atoms with Crippen LogP contribution in [0.5, 0.6) is 0 Å². The van der Waals surface area contributed by atoms with Gasteiger partial charge >= 0.3 is 12.1 Å². The molecule has 0 aromatic rings. The first-order chi connectivity index (χ1) is 9.36. The summed E-state index contributed by atoms with van der Waals surface area (Å²) in [4.78, 5) is 11.9. The molecule has 0 aliphatic heterocycles. The molecular weight excluding hydrogens is 271 g/mol. The van der Waals surface area contributed by atoms with Gasteiger partial charge in [0, 0.05) is 0 Å². The Balaban J connectivity index is 2.69. The first kappa shape index (κ1) is 17.3. The second kappa shape index (κ2) is 7.86. The van der Waals surface area contributed by atoms with Crippen LogP contribution in [0.3, 0.4) is 0 Å². The minimum absolute atomic E-state index is 0.143. The van der Waals surface area contributed by atoms with Crippen molar-refractivity contribution >= 4 is 5.97 Å². The van der Waals surface area contributed by atoms with Crippen molar-refractivity contribution in [3.05, 3.63) is 0 Å². The van der Waals surface area contributed by atoms with Crippen LogP contribution < -0.4 is 5.73 Å². The molecular formula is C14H24F3NO2. The van der Waals surface area contributed by atoms with Crippen molar-refractivity contribution in [1.29, 1.82) is 0 Å². The Morgan fingerprint density at radius 1 is 1.30 bits per heavy atom. The molecule has 6 heteroatoms. The largest absolute Gasteiger partial charge is 0.465 e. The van der Waals surface area contributed by atoms with Gasteiger partial charge in [-0.2, -0.15) is 13.2 Å². The number of hydrogen-bond donors (Lipinski definition) is 1. The van der Waals surface area contributed by atoms with E-state index in [0.717, 1.165) is 32.1 Å². The Morgan fingerprint density at radius 3 is 2.40 bits per heavy atom. The van der Waals surface area contributed by atoms with Gasteiger partial charge in [-0.25, -0.2) is 0 Å². The zero-order chi connectivity index (χ0) is 15.2. The summed E-state index contributed by atoms with van der Waals surface area (Å²) in [5.74, 6) is -1.93.